The van der Waals surface area contributed by atoms with Gasteiger partial charge in [0.2, 0.25) is 0 Å². The molecule has 0 unspecified atom stereocenters. The van der Waals surface area contributed by atoms with Crippen molar-refractivity contribution in [3.05, 3.63) is 90.3 Å². The first-order valence-electron chi connectivity index (χ1n) is 9.12. The van der Waals surface area contributed by atoms with E-state index in [4.69, 9.17) is 4.74 Å². The van der Waals surface area contributed by atoms with Gasteiger partial charge in [-0.2, -0.15) is 0 Å². The highest BCUT2D eigenvalue weighted by atomic mass is 32.1. The van der Waals surface area contributed by atoms with Gasteiger partial charge in [-0.15, -0.1) is 0 Å². The van der Waals surface area contributed by atoms with Gasteiger partial charge in [0.25, 0.3) is 5.91 Å². The maximum absolute atomic E-state index is 13.1. The third-order valence-corrected chi connectivity index (χ3v) is 5.39. The fourth-order valence-electron chi connectivity index (χ4n) is 2.85. The second-order valence-electron chi connectivity index (χ2n) is 6.32. The Bertz CT molecular complexity index is 1140. The third-order valence-electron chi connectivity index (χ3n) is 4.35. The van der Waals surface area contributed by atoms with Crippen LogP contribution in [-0.2, 0) is 11.3 Å². The standard InChI is InChI=1S/C23H19N3O2S/c1-28-19-11-12-20-21(15-19)29-23(25-20)26(16-18-9-5-6-14-24-18)22(27)13-10-17-7-3-2-4-8-17/h2-15H,16H2,1H3. The Morgan fingerprint density at radius 2 is 1.93 bits per heavy atom. The monoisotopic (exact) mass is 401 g/mol. The van der Waals surface area contributed by atoms with Crippen LogP contribution >= 0.6 is 11.3 Å². The maximum atomic E-state index is 13.1. The van der Waals surface area contributed by atoms with Crippen LogP contribution in [0.1, 0.15) is 11.3 Å². The number of thiazole rings is 1. The minimum Gasteiger partial charge on any atom is -0.497 e. The lowest BCUT2D eigenvalue weighted by molar-refractivity contribution is -0.114. The third kappa shape index (κ3) is 4.50. The van der Waals surface area contributed by atoms with Gasteiger partial charge in [-0.25, -0.2) is 4.98 Å². The van der Waals surface area contributed by atoms with E-state index in [0.29, 0.717) is 11.7 Å². The van der Waals surface area contributed by atoms with Crippen LogP contribution in [0.4, 0.5) is 5.13 Å². The number of amides is 1. The zero-order valence-corrected chi connectivity index (χ0v) is 16.7. The number of hydrogen-bond donors (Lipinski definition) is 0. The molecule has 2 aromatic carbocycles. The molecule has 0 fully saturated rings. The molecule has 5 nitrogen and oxygen atoms in total. The average molecular weight is 401 g/mol. The molecule has 0 spiro atoms. The minimum atomic E-state index is -0.148. The first-order chi connectivity index (χ1) is 14.2. The summed E-state index contributed by atoms with van der Waals surface area (Å²) in [6, 6.07) is 21.1. The Morgan fingerprint density at radius 3 is 2.69 bits per heavy atom. The molecule has 6 heteroatoms. The number of fused-ring (bicyclic) bond motifs is 1. The van der Waals surface area contributed by atoms with Crippen LogP contribution in [0, 0.1) is 0 Å². The first-order valence-corrected chi connectivity index (χ1v) is 9.94. The second-order valence-corrected chi connectivity index (χ2v) is 7.33. The molecule has 0 saturated heterocycles. The van der Waals surface area contributed by atoms with Crippen molar-refractivity contribution < 1.29 is 9.53 Å². The number of methoxy groups -OCH3 is 1. The van der Waals surface area contributed by atoms with E-state index in [1.54, 1.807) is 24.3 Å². The van der Waals surface area contributed by atoms with Crippen molar-refractivity contribution in [1.29, 1.82) is 0 Å². The molecule has 0 aliphatic carbocycles. The molecule has 4 rings (SSSR count). The molecule has 0 saturated carbocycles. The molecule has 0 atom stereocenters. The fraction of sp³-hybridized carbons (Fsp3) is 0.0870. The van der Waals surface area contributed by atoms with Crippen LogP contribution in [0.25, 0.3) is 16.3 Å². The number of ether oxygens (including phenoxy) is 1. The summed E-state index contributed by atoms with van der Waals surface area (Å²) in [6.07, 6.45) is 5.11. The summed E-state index contributed by atoms with van der Waals surface area (Å²) in [7, 11) is 1.63. The number of carbonyl (C=O) groups is 1. The molecule has 0 radical (unpaired) electrons. The SMILES string of the molecule is COc1ccc2nc(N(Cc3ccccn3)C(=O)C=Cc3ccccc3)sc2c1. The van der Waals surface area contributed by atoms with Crippen molar-refractivity contribution in [2.75, 3.05) is 12.0 Å². The summed E-state index contributed by atoms with van der Waals surface area (Å²) >= 11 is 1.46. The topological polar surface area (TPSA) is 55.3 Å². The van der Waals surface area contributed by atoms with Gasteiger partial charge in [0, 0.05) is 12.3 Å². The first kappa shape index (κ1) is 18.8. The minimum absolute atomic E-state index is 0.148. The lowest BCUT2D eigenvalue weighted by Gasteiger charge is -2.17. The van der Waals surface area contributed by atoms with E-state index in [2.05, 4.69) is 9.97 Å². The van der Waals surface area contributed by atoms with Gasteiger partial charge in [0.05, 0.1) is 29.6 Å². The van der Waals surface area contributed by atoms with Crippen molar-refractivity contribution in [2.24, 2.45) is 0 Å². The van der Waals surface area contributed by atoms with E-state index in [0.717, 1.165) is 27.2 Å². The van der Waals surface area contributed by atoms with Gasteiger partial charge in [-0.05, 0) is 42.0 Å². The average Bonchev–Trinajstić information content (AvgIpc) is 3.20. The highest BCUT2D eigenvalue weighted by Crippen LogP contribution is 2.32. The van der Waals surface area contributed by atoms with Crippen LogP contribution in [0.3, 0.4) is 0 Å². The normalized spacial score (nSPS) is 11.1. The molecule has 4 aromatic rings. The Balaban J connectivity index is 1.68. The second kappa shape index (κ2) is 8.67. The quantitative estimate of drug-likeness (QED) is 0.429. The number of anilines is 1. The van der Waals surface area contributed by atoms with Crippen LogP contribution in [0.15, 0.2) is 79.0 Å². The largest absolute Gasteiger partial charge is 0.497 e. The van der Waals surface area contributed by atoms with Gasteiger partial charge >= 0.3 is 0 Å². The van der Waals surface area contributed by atoms with E-state index in [1.807, 2.05) is 72.8 Å². The predicted octanol–water partition coefficient (Wildman–Crippen LogP) is 4.95. The van der Waals surface area contributed by atoms with Crippen LogP contribution < -0.4 is 9.64 Å². The van der Waals surface area contributed by atoms with E-state index < -0.39 is 0 Å². The molecule has 0 N–H and O–H groups in total. The molecule has 144 valence electrons. The van der Waals surface area contributed by atoms with Crippen molar-refractivity contribution in [3.63, 3.8) is 0 Å². The van der Waals surface area contributed by atoms with Crippen LogP contribution in [0.2, 0.25) is 0 Å². The van der Waals surface area contributed by atoms with E-state index >= 15 is 0 Å². The predicted molar refractivity (Wildman–Crippen MR) is 117 cm³/mol. The van der Waals surface area contributed by atoms with Gasteiger partial charge < -0.3 is 4.74 Å². The summed E-state index contributed by atoms with van der Waals surface area (Å²) in [5.41, 5.74) is 2.59. The zero-order chi connectivity index (χ0) is 20.1. The summed E-state index contributed by atoms with van der Waals surface area (Å²) in [4.78, 5) is 23.8. The number of rotatable bonds is 6. The van der Waals surface area contributed by atoms with Gasteiger partial charge in [-0.3, -0.25) is 14.7 Å². The molecule has 2 aromatic heterocycles. The highest BCUT2D eigenvalue weighted by molar-refractivity contribution is 7.22. The number of hydrogen-bond acceptors (Lipinski definition) is 5. The number of carbonyl (C=O) groups excluding carboxylic acids is 1. The van der Waals surface area contributed by atoms with E-state index in [-0.39, 0.29) is 5.91 Å². The molecular weight excluding hydrogens is 382 g/mol. The Morgan fingerprint density at radius 1 is 1.10 bits per heavy atom. The highest BCUT2D eigenvalue weighted by Gasteiger charge is 2.19. The molecule has 29 heavy (non-hydrogen) atoms. The van der Waals surface area contributed by atoms with E-state index in [9.17, 15) is 4.79 Å². The van der Waals surface area contributed by atoms with Crippen molar-refractivity contribution in [3.8, 4) is 5.75 Å². The Hall–Kier alpha value is -3.51. The molecule has 0 bridgehead atoms. The van der Waals surface area contributed by atoms with Crippen molar-refractivity contribution in [1.82, 2.24) is 9.97 Å². The summed E-state index contributed by atoms with van der Waals surface area (Å²) in [5, 5.41) is 0.626. The van der Waals surface area contributed by atoms with Crippen LogP contribution in [-0.4, -0.2) is 23.0 Å². The Labute approximate surface area is 172 Å². The number of nitrogens with zero attached hydrogens (tertiary/aromatic N) is 3. The maximum Gasteiger partial charge on any atom is 0.253 e. The number of aromatic nitrogens is 2. The lowest BCUT2D eigenvalue weighted by Crippen LogP contribution is -2.29. The molecule has 0 aliphatic rings. The van der Waals surface area contributed by atoms with Gasteiger partial charge in [-0.1, -0.05) is 47.7 Å². The summed E-state index contributed by atoms with van der Waals surface area (Å²) < 4.78 is 6.26. The summed E-state index contributed by atoms with van der Waals surface area (Å²) in [6.45, 7) is 0.343. The summed E-state index contributed by atoms with van der Waals surface area (Å²) in [5.74, 6) is 0.616. The van der Waals surface area contributed by atoms with Gasteiger partial charge in [0.15, 0.2) is 5.13 Å². The van der Waals surface area contributed by atoms with Gasteiger partial charge in [0.1, 0.15) is 5.75 Å². The molecule has 1 amide bonds. The van der Waals surface area contributed by atoms with E-state index in [1.165, 1.54) is 11.3 Å². The number of pyridine rings is 1. The molecule has 2 heterocycles. The zero-order valence-electron chi connectivity index (χ0n) is 15.9. The van der Waals surface area contributed by atoms with Crippen molar-refractivity contribution >= 4 is 38.7 Å². The van der Waals surface area contributed by atoms with Crippen LogP contribution in [0.5, 0.6) is 5.75 Å². The molecule has 0 aliphatic heterocycles. The van der Waals surface area contributed by atoms with Crippen molar-refractivity contribution in [2.45, 2.75) is 6.54 Å². The fourth-order valence-corrected chi connectivity index (χ4v) is 3.85. The smallest absolute Gasteiger partial charge is 0.253 e. The molecular formula is C23H19N3O2S. The number of benzene rings is 2. The lowest BCUT2D eigenvalue weighted by atomic mass is 10.2. The Kier molecular flexibility index (Phi) is 5.63.